The summed E-state index contributed by atoms with van der Waals surface area (Å²) in [4.78, 5) is 11.8. The van der Waals surface area contributed by atoms with E-state index < -0.39 is 27.3 Å². The van der Waals surface area contributed by atoms with E-state index in [4.69, 9.17) is 4.74 Å². The minimum atomic E-state index is -4.04. The Labute approximate surface area is 118 Å². The van der Waals surface area contributed by atoms with Crippen molar-refractivity contribution in [2.45, 2.75) is 44.3 Å². The second-order valence-electron chi connectivity index (χ2n) is 5.07. The minimum Gasteiger partial charge on any atom is -0.363 e. The normalized spacial score (nSPS) is 12.5. The van der Waals surface area contributed by atoms with E-state index in [9.17, 15) is 17.6 Å². The van der Waals surface area contributed by atoms with Crippen molar-refractivity contribution in [1.29, 1.82) is 0 Å². The predicted octanol–water partition coefficient (Wildman–Crippen LogP) is 1.83. The van der Waals surface area contributed by atoms with Crippen LogP contribution in [0.25, 0.3) is 0 Å². The van der Waals surface area contributed by atoms with Crippen LogP contribution in [0.4, 0.5) is 4.39 Å². The second kappa shape index (κ2) is 5.88. The number of carbonyl (C=O) groups excluding carboxylic acids is 1. The predicted molar refractivity (Wildman–Crippen MR) is 72.0 cm³/mol. The van der Waals surface area contributed by atoms with Crippen molar-refractivity contribution in [3.63, 3.8) is 0 Å². The van der Waals surface area contributed by atoms with Gasteiger partial charge < -0.3 is 4.74 Å². The number of amides is 1. The molecule has 1 aromatic carbocycles. The maximum Gasteiger partial charge on any atom is 0.265 e. The standard InChI is InChI=1S/C13H18FNO4S/c1-9(2)19-13(3,4)12(16)15-20(17,18)11-7-5-10(14)6-8-11/h5-9H,1-4H3,(H,15,16). The summed E-state index contributed by atoms with van der Waals surface area (Å²) < 4.78 is 44.0. The first-order chi connectivity index (χ1) is 9.04. The van der Waals surface area contributed by atoms with Crippen LogP contribution in [0.3, 0.4) is 0 Å². The van der Waals surface area contributed by atoms with Gasteiger partial charge in [-0.05, 0) is 52.0 Å². The smallest absolute Gasteiger partial charge is 0.265 e. The van der Waals surface area contributed by atoms with Gasteiger partial charge in [0.25, 0.3) is 15.9 Å². The lowest BCUT2D eigenvalue weighted by molar-refractivity contribution is -0.145. The number of halogens is 1. The van der Waals surface area contributed by atoms with Crippen LogP contribution < -0.4 is 4.72 Å². The third kappa shape index (κ3) is 4.28. The van der Waals surface area contributed by atoms with E-state index in [0.29, 0.717) is 0 Å². The van der Waals surface area contributed by atoms with E-state index in [2.05, 4.69) is 0 Å². The van der Waals surface area contributed by atoms with Gasteiger partial charge in [-0.3, -0.25) is 4.79 Å². The molecule has 112 valence electrons. The van der Waals surface area contributed by atoms with Crippen LogP contribution in [0.2, 0.25) is 0 Å². The number of rotatable bonds is 5. The van der Waals surface area contributed by atoms with Gasteiger partial charge in [-0.2, -0.15) is 0 Å². The molecule has 7 heteroatoms. The topological polar surface area (TPSA) is 72.5 Å². The second-order valence-corrected chi connectivity index (χ2v) is 6.75. The summed E-state index contributed by atoms with van der Waals surface area (Å²) in [7, 11) is -4.04. The molecule has 0 spiro atoms. The fraction of sp³-hybridized carbons (Fsp3) is 0.462. The van der Waals surface area contributed by atoms with Crippen molar-refractivity contribution in [1.82, 2.24) is 4.72 Å². The molecule has 0 saturated carbocycles. The quantitative estimate of drug-likeness (QED) is 0.901. The third-order valence-corrected chi connectivity index (χ3v) is 3.78. The lowest BCUT2D eigenvalue weighted by Crippen LogP contribution is -2.47. The first kappa shape index (κ1) is 16.6. The number of benzene rings is 1. The molecule has 0 aliphatic heterocycles. The van der Waals surface area contributed by atoms with Crippen LogP contribution in [-0.2, 0) is 19.6 Å². The molecule has 0 unspecified atom stereocenters. The molecule has 0 heterocycles. The summed E-state index contributed by atoms with van der Waals surface area (Å²) in [6.07, 6.45) is -0.232. The molecule has 0 fully saturated rings. The molecule has 0 radical (unpaired) electrons. The van der Waals surface area contributed by atoms with Gasteiger partial charge in [0.2, 0.25) is 0 Å². The summed E-state index contributed by atoms with van der Waals surface area (Å²) in [6, 6.07) is 4.19. The Morgan fingerprint density at radius 2 is 1.75 bits per heavy atom. The van der Waals surface area contributed by atoms with E-state index in [1.165, 1.54) is 13.8 Å². The fourth-order valence-electron chi connectivity index (χ4n) is 1.56. The molecular weight excluding hydrogens is 285 g/mol. The maximum atomic E-state index is 12.8. The maximum absolute atomic E-state index is 12.8. The number of sulfonamides is 1. The van der Waals surface area contributed by atoms with Gasteiger partial charge in [-0.1, -0.05) is 0 Å². The molecule has 0 aliphatic rings. The first-order valence-corrected chi connectivity index (χ1v) is 7.53. The van der Waals surface area contributed by atoms with Crippen LogP contribution >= 0.6 is 0 Å². The Kier molecular flexibility index (Phi) is 4.88. The summed E-state index contributed by atoms with van der Waals surface area (Å²) in [5.41, 5.74) is -1.29. The molecule has 1 amide bonds. The summed E-state index contributed by atoms with van der Waals surface area (Å²) in [5.74, 6) is -1.34. The highest BCUT2D eigenvalue weighted by Gasteiger charge is 2.33. The monoisotopic (exact) mass is 303 g/mol. The minimum absolute atomic E-state index is 0.187. The summed E-state index contributed by atoms with van der Waals surface area (Å²) >= 11 is 0. The van der Waals surface area contributed by atoms with Gasteiger partial charge in [-0.25, -0.2) is 17.5 Å². The molecule has 1 N–H and O–H groups in total. The molecule has 1 rings (SSSR count). The fourth-order valence-corrected chi connectivity index (χ4v) is 2.66. The van der Waals surface area contributed by atoms with Crippen LogP contribution in [0, 0.1) is 5.82 Å². The highest BCUT2D eigenvalue weighted by atomic mass is 32.2. The van der Waals surface area contributed by atoms with Crippen LogP contribution in [-0.4, -0.2) is 26.0 Å². The van der Waals surface area contributed by atoms with Gasteiger partial charge in [0.1, 0.15) is 11.4 Å². The Bertz CT molecular complexity index is 579. The van der Waals surface area contributed by atoms with Crippen molar-refractivity contribution in [3.8, 4) is 0 Å². The van der Waals surface area contributed by atoms with Gasteiger partial charge in [0, 0.05) is 0 Å². The van der Waals surface area contributed by atoms with Crippen molar-refractivity contribution in [3.05, 3.63) is 30.1 Å². The molecular formula is C13H18FNO4S. The Morgan fingerprint density at radius 1 is 1.25 bits per heavy atom. The third-order valence-electron chi connectivity index (χ3n) is 2.43. The van der Waals surface area contributed by atoms with Gasteiger partial charge in [0.05, 0.1) is 11.0 Å². The lowest BCUT2D eigenvalue weighted by atomic mass is 10.1. The van der Waals surface area contributed by atoms with Crippen LogP contribution in [0.5, 0.6) is 0 Å². The van der Waals surface area contributed by atoms with E-state index >= 15 is 0 Å². The average molecular weight is 303 g/mol. The number of carbonyl (C=O) groups is 1. The van der Waals surface area contributed by atoms with Crippen molar-refractivity contribution in [2.75, 3.05) is 0 Å². The molecule has 0 atom stereocenters. The number of hydrogen-bond acceptors (Lipinski definition) is 4. The highest BCUT2D eigenvalue weighted by molar-refractivity contribution is 7.90. The molecule has 0 aliphatic carbocycles. The first-order valence-electron chi connectivity index (χ1n) is 6.05. The van der Waals surface area contributed by atoms with Gasteiger partial charge >= 0.3 is 0 Å². The average Bonchev–Trinajstić information content (AvgIpc) is 2.27. The zero-order valence-electron chi connectivity index (χ0n) is 11.8. The van der Waals surface area contributed by atoms with Crippen molar-refractivity contribution >= 4 is 15.9 Å². The molecule has 1 aromatic rings. The highest BCUT2D eigenvalue weighted by Crippen LogP contribution is 2.15. The van der Waals surface area contributed by atoms with Gasteiger partial charge in [0.15, 0.2) is 0 Å². The lowest BCUT2D eigenvalue weighted by Gasteiger charge is -2.26. The van der Waals surface area contributed by atoms with E-state index in [0.717, 1.165) is 24.3 Å². The molecule has 20 heavy (non-hydrogen) atoms. The van der Waals surface area contributed by atoms with Crippen molar-refractivity contribution in [2.24, 2.45) is 0 Å². The van der Waals surface area contributed by atoms with E-state index in [1.807, 2.05) is 4.72 Å². The molecule has 5 nitrogen and oxygen atoms in total. The zero-order chi connectivity index (χ0) is 15.6. The molecule has 0 bridgehead atoms. The Hall–Kier alpha value is -1.47. The Balaban J connectivity index is 2.91. The molecule has 0 aromatic heterocycles. The van der Waals surface area contributed by atoms with Crippen molar-refractivity contribution < 1.29 is 22.3 Å². The summed E-state index contributed by atoms with van der Waals surface area (Å²) in [5, 5.41) is 0. The van der Waals surface area contributed by atoms with E-state index in [-0.39, 0.29) is 11.0 Å². The molecule has 0 saturated heterocycles. The largest absolute Gasteiger partial charge is 0.363 e. The SMILES string of the molecule is CC(C)OC(C)(C)C(=O)NS(=O)(=O)c1ccc(F)cc1. The number of ether oxygens (including phenoxy) is 1. The van der Waals surface area contributed by atoms with Crippen LogP contribution in [0.15, 0.2) is 29.2 Å². The van der Waals surface area contributed by atoms with Crippen LogP contribution in [0.1, 0.15) is 27.7 Å². The summed E-state index contributed by atoms with van der Waals surface area (Å²) in [6.45, 7) is 6.43. The Morgan fingerprint density at radius 3 is 2.20 bits per heavy atom. The van der Waals surface area contributed by atoms with E-state index in [1.54, 1.807) is 13.8 Å². The van der Waals surface area contributed by atoms with Gasteiger partial charge in [-0.15, -0.1) is 0 Å². The number of hydrogen-bond donors (Lipinski definition) is 1. The zero-order valence-corrected chi connectivity index (χ0v) is 12.6. The number of nitrogens with one attached hydrogen (secondary N) is 1.